The van der Waals surface area contributed by atoms with Crippen LogP contribution in [0.25, 0.3) is 0 Å². The first-order valence-corrected chi connectivity index (χ1v) is 4.10. The molecule has 0 aromatic carbocycles. The number of rotatable bonds is 3. The molecule has 0 saturated carbocycles. The first-order chi connectivity index (χ1) is 5.65. The molecule has 0 fully saturated rings. The molecule has 2 N–H and O–H groups in total. The van der Waals surface area contributed by atoms with Crippen molar-refractivity contribution < 1.29 is 4.42 Å². The third kappa shape index (κ3) is 1.87. The maximum atomic E-state index is 5.49. The zero-order valence-corrected chi connectivity index (χ0v) is 7.87. The highest BCUT2D eigenvalue weighted by molar-refractivity contribution is 5.09. The fourth-order valence-electron chi connectivity index (χ4n) is 0.983. The molecule has 0 saturated heterocycles. The molecule has 0 amide bonds. The molecule has 1 rings (SSSR count). The summed E-state index contributed by atoms with van der Waals surface area (Å²) < 4.78 is 5.49. The lowest BCUT2D eigenvalue weighted by molar-refractivity contribution is 0.272. The van der Waals surface area contributed by atoms with E-state index in [-0.39, 0.29) is 0 Å². The van der Waals surface area contributed by atoms with E-state index in [0.29, 0.717) is 12.6 Å². The predicted molar refractivity (Wildman–Crippen MR) is 48.7 cm³/mol. The molecule has 1 aromatic rings. The van der Waals surface area contributed by atoms with Crippen LogP contribution in [0.2, 0.25) is 0 Å². The van der Waals surface area contributed by atoms with Gasteiger partial charge in [0.1, 0.15) is 11.5 Å². The van der Waals surface area contributed by atoms with Crippen molar-refractivity contribution in [2.24, 2.45) is 5.73 Å². The topological polar surface area (TPSA) is 42.4 Å². The zero-order chi connectivity index (χ0) is 9.14. The van der Waals surface area contributed by atoms with Gasteiger partial charge in [-0.15, -0.1) is 0 Å². The molecule has 3 nitrogen and oxygen atoms in total. The molecule has 0 radical (unpaired) electrons. The van der Waals surface area contributed by atoms with Crippen LogP contribution < -0.4 is 5.73 Å². The van der Waals surface area contributed by atoms with E-state index in [0.717, 1.165) is 11.5 Å². The van der Waals surface area contributed by atoms with Crippen molar-refractivity contribution in [3.8, 4) is 0 Å². The highest BCUT2D eigenvalue weighted by Gasteiger charge is 2.11. The molecule has 0 aliphatic heterocycles. The third-order valence-electron chi connectivity index (χ3n) is 2.07. The second-order valence-corrected chi connectivity index (χ2v) is 3.15. The number of nitrogens with two attached hydrogens (primary N) is 1. The number of hydrogen-bond acceptors (Lipinski definition) is 3. The Balaban J connectivity index is 2.74. The second kappa shape index (κ2) is 3.74. The quantitative estimate of drug-likeness (QED) is 0.741. The second-order valence-electron chi connectivity index (χ2n) is 3.15. The lowest BCUT2D eigenvalue weighted by Gasteiger charge is -2.16. The standard InChI is InChI=1S/C9H16N2O/c1-7(11(2)3)9-5-4-8(6-10)12-9/h4-5,7H,6,10H2,1-3H3. The Bertz CT molecular complexity index is 242. The summed E-state index contributed by atoms with van der Waals surface area (Å²) in [5.41, 5.74) is 5.43. The van der Waals surface area contributed by atoms with E-state index >= 15 is 0 Å². The molecular weight excluding hydrogens is 152 g/mol. The minimum absolute atomic E-state index is 0.310. The van der Waals surface area contributed by atoms with Crippen LogP contribution in [0.1, 0.15) is 24.5 Å². The van der Waals surface area contributed by atoms with Gasteiger partial charge in [0.05, 0.1) is 12.6 Å². The monoisotopic (exact) mass is 168 g/mol. The van der Waals surface area contributed by atoms with Crippen LogP contribution in [0, 0.1) is 0 Å². The fourth-order valence-corrected chi connectivity index (χ4v) is 0.983. The summed E-state index contributed by atoms with van der Waals surface area (Å²) in [4.78, 5) is 2.10. The molecular formula is C9H16N2O. The Morgan fingerprint density at radius 2 is 2.17 bits per heavy atom. The van der Waals surface area contributed by atoms with Gasteiger partial charge < -0.3 is 10.2 Å². The summed E-state index contributed by atoms with van der Waals surface area (Å²) in [7, 11) is 4.05. The van der Waals surface area contributed by atoms with Crippen LogP contribution in [0.15, 0.2) is 16.5 Å². The Hall–Kier alpha value is -0.800. The lowest BCUT2D eigenvalue weighted by atomic mass is 10.2. The molecule has 0 spiro atoms. The fraction of sp³-hybridized carbons (Fsp3) is 0.556. The van der Waals surface area contributed by atoms with E-state index in [1.165, 1.54) is 0 Å². The first-order valence-electron chi connectivity index (χ1n) is 4.10. The molecule has 1 unspecified atom stereocenters. The van der Waals surface area contributed by atoms with Gasteiger partial charge in [0.25, 0.3) is 0 Å². The SMILES string of the molecule is CC(c1ccc(CN)o1)N(C)C. The van der Waals surface area contributed by atoms with E-state index in [4.69, 9.17) is 10.2 Å². The summed E-state index contributed by atoms with van der Waals surface area (Å²) in [5, 5.41) is 0. The van der Waals surface area contributed by atoms with Crippen molar-refractivity contribution >= 4 is 0 Å². The number of furan rings is 1. The van der Waals surface area contributed by atoms with E-state index in [9.17, 15) is 0 Å². The Labute approximate surface area is 73.2 Å². The molecule has 1 aromatic heterocycles. The summed E-state index contributed by atoms with van der Waals surface area (Å²) >= 11 is 0. The van der Waals surface area contributed by atoms with Crippen LogP contribution in [0.5, 0.6) is 0 Å². The Morgan fingerprint density at radius 3 is 2.58 bits per heavy atom. The first kappa shape index (κ1) is 9.29. The van der Waals surface area contributed by atoms with Crippen molar-refractivity contribution in [1.29, 1.82) is 0 Å². The van der Waals surface area contributed by atoms with Gasteiger partial charge in [0.2, 0.25) is 0 Å². The molecule has 1 heterocycles. The number of nitrogens with zero attached hydrogens (tertiary/aromatic N) is 1. The van der Waals surface area contributed by atoms with Crippen LogP contribution in [-0.2, 0) is 6.54 Å². The molecule has 68 valence electrons. The molecule has 0 aliphatic rings. The lowest BCUT2D eigenvalue weighted by Crippen LogP contribution is -2.15. The van der Waals surface area contributed by atoms with Crippen molar-refractivity contribution in [3.05, 3.63) is 23.7 Å². The van der Waals surface area contributed by atoms with Gasteiger partial charge in [-0.1, -0.05) is 0 Å². The van der Waals surface area contributed by atoms with E-state index < -0.39 is 0 Å². The van der Waals surface area contributed by atoms with Crippen molar-refractivity contribution in [2.75, 3.05) is 14.1 Å². The van der Waals surface area contributed by atoms with Crippen LogP contribution in [-0.4, -0.2) is 19.0 Å². The van der Waals surface area contributed by atoms with Gasteiger partial charge in [-0.05, 0) is 33.2 Å². The largest absolute Gasteiger partial charge is 0.463 e. The van der Waals surface area contributed by atoms with Crippen LogP contribution in [0.3, 0.4) is 0 Å². The van der Waals surface area contributed by atoms with Gasteiger partial charge in [-0.2, -0.15) is 0 Å². The molecule has 0 aliphatic carbocycles. The third-order valence-corrected chi connectivity index (χ3v) is 2.07. The van der Waals surface area contributed by atoms with E-state index in [1.54, 1.807) is 0 Å². The molecule has 12 heavy (non-hydrogen) atoms. The Morgan fingerprint density at radius 1 is 1.50 bits per heavy atom. The molecule has 0 bridgehead atoms. The summed E-state index contributed by atoms with van der Waals surface area (Å²) in [6.07, 6.45) is 0. The van der Waals surface area contributed by atoms with Crippen LogP contribution in [0.4, 0.5) is 0 Å². The summed E-state index contributed by atoms with van der Waals surface area (Å²) in [6.45, 7) is 2.57. The zero-order valence-electron chi connectivity index (χ0n) is 7.87. The van der Waals surface area contributed by atoms with Gasteiger partial charge >= 0.3 is 0 Å². The average Bonchev–Trinajstić information content (AvgIpc) is 2.50. The van der Waals surface area contributed by atoms with Gasteiger partial charge in [-0.3, -0.25) is 4.90 Å². The normalized spacial score (nSPS) is 13.8. The Kier molecular flexibility index (Phi) is 2.89. The maximum Gasteiger partial charge on any atom is 0.121 e. The molecule has 3 heteroatoms. The van der Waals surface area contributed by atoms with E-state index in [1.807, 2.05) is 26.2 Å². The highest BCUT2D eigenvalue weighted by atomic mass is 16.3. The summed E-state index contributed by atoms with van der Waals surface area (Å²) in [6, 6.07) is 4.22. The van der Waals surface area contributed by atoms with E-state index in [2.05, 4.69) is 11.8 Å². The van der Waals surface area contributed by atoms with Crippen molar-refractivity contribution in [1.82, 2.24) is 4.90 Å². The summed E-state index contributed by atoms with van der Waals surface area (Å²) in [5.74, 6) is 1.82. The van der Waals surface area contributed by atoms with Crippen molar-refractivity contribution in [2.45, 2.75) is 19.5 Å². The van der Waals surface area contributed by atoms with Gasteiger partial charge in [0.15, 0.2) is 0 Å². The smallest absolute Gasteiger partial charge is 0.121 e. The highest BCUT2D eigenvalue weighted by Crippen LogP contribution is 2.19. The average molecular weight is 168 g/mol. The minimum atomic E-state index is 0.310. The van der Waals surface area contributed by atoms with Gasteiger partial charge in [0, 0.05) is 0 Å². The van der Waals surface area contributed by atoms with Gasteiger partial charge in [-0.25, -0.2) is 0 Å². The number of hydrogen-bond donors (Lipinski definition) is 1. The van der Waals surface area contributed by atoms with Crippen molar-refractivity contribution in [3.63, 3.8) is 0 Å². The predicted octanol–water partition coefficient (Wildman–Crippen LogP) is 1.36. The molecule has 1 atom stereocenters. The minimum Gasteiger partial charge on any atom is -0.463 e. The maximum absolute atomic E-state index is 5.49. The van der Waals surface area contributed by atoms with Crippen LogP contribution >= 0.6 is 0 Å².